The van der Waals surface area contributed by atoms with E-state index in [0.29, 0.717) is 24.3 Å². The number of rotatable bonds is 9. The second-order valence-electron chi connectivity index (χ2n) is 10.7. The van der Waals surface area contributed by atoms with E-state index in [9.17, 15) is 28.0 Å². The minimum Gasteiger partial charge on any atom is -0.478 e. The number of para-hydroxylation sites is 2. The lowest BCUT2D eigenvalue weighted by Crippen LogP contribution is -2.49. The first-order valence-electron chi connectivity index (χ1n) is 15.0. The fourth-order valence-electron chi connectivity index (χ4n) is 4.99. The van der Waals surface area contributed by atoms with Crippen molar-refractivity contribution < 1.29 is 33.1 Å². The summed E-state index contributed by atoms with van der Waals surface area (Å²) in [6.45, 7) is 1.38. The molecular weight excluding hydrogens is 647 g/mol. The summed E-state index contributed by atoms with van der Waals surface area (Å²) in [4.78, 5) is 51.8. The molecule has 4 N–H and O–H groups in total. The van der Waals surface area contributed by atoms with Gasteiger partial charge in [-0.1, -0.05) is 48.5 Å². The van der Waals surface area contributed by atoms with Crippen molar-refractivity contribution in [2.24, 2.45) is 5.73 Å². The molecule has 4 aromatic rings. The third kappa shape index (κ3) is 8.67. The van der Waals surface area contributed by atoms with Crippen LogP contribution in [-0.2, 0) is 32.0 Å². The molecule has 2 aliphatic rings. The van der Waals surface area contributed by atoms with E-state index in [4.69, 9.17) is 10.8 Å². The van der Waals surface area contributed by atoms with Crippen LogP contribution in [0.4, 0.5) is 20.2 Å². The standard InChI is InChI=1S/C17H17FN2O2S.C11H10FNO3.C6H9NS/c18-17(15(21)19-10-8-14-7-4-12-23-14)9-11-20(16(17)22)13-5-2-1-3-6-13;12-11(10(15)16)6-7-13(9(11)14)8-4-2-1-3-5-8;7-4-3-6-2-1-5-8-6/h1-7,12H,8-11H2,(H,19,21);1-5H,6-7H2,(H,15,16);1-2,5H,3-4,7H2/t17-;11-;/m10./s1. The van der Waals surface area contributed by atoms with E-state index in [2.05, 4.69) is 22.8 Å². The van der Waals surface area contributed by atoms with Crippen LogP contribution < -0.4 is 20.9 Å². The van der Waals surface area contributed by atoms with Crippen molar-refractivity contribution >= 4 is 57.7 Å². The third-order valence-corrected chi connectivity index (χ3v) is 9.44. The van der Waals surface area contributed by atoms with Gasteiger partial charge in [0.05, 0.1) is 0 Å². The van der Waals surface area contributed by atoms with Crippen LogP contribution in [-0.4, -0.2) is 66.3 Å². The Morgan fingerprint density at radius 1 is 0.745 bits per heavy atom. The average Bonchev–Trinajstić information content (AvgIpc) is 3.90. The molecule has 0 unspecified atom stereocenters. The summed E-state index contributed by atoms with van der Waals surface area (Å²) in [6.07, 6.45) is 1.23. The van der Waals surface area contributed by atoms with Gasteiger partial charge in [0.15, 0.2) is 0 Å². The summed E-state index contributed by atoms with van der Waals surface area (Å²) in [7, 11) is 0. The van der Waals surface area contributed by atoms with E-state index in [1.165, 1.54) is 9.78 Å². The molecule has 47 heavy (non-hydrogen) atoms. The number of benzene rings is 2. The van der Waals surface area contributed by atoms with Crippen molar-refractivity contribution in [2.45, 2.75) is 37.0 Å². The topological polar surface area (TPSA) is 133 Å². The number of carbonyl (C=O) groups is 4. The number of amides is 3. The number of hydrogen-bond acceptors (Lipinski definition) is 7. The van der Waals surface area contributed by atoms with E-state index in [1.807, 2.05) is 23.6 Å². The number of carbonyl (C=O) groups excluding carboxylic acids is 3. The van der Waals surface area contributed by atoms with Crippen molar-refractivity contribution in [3.05, 3.63) is 105 Å². The van der Waals surface area contributed by atoms with Gasteiger partial charge in [-0.3, -0.25) is 14.4 Å². The SMILES string of the molecule is NCCc1cccs1.O=C(NCCc1cccs1)[C@]1(F)CCN(c2ccccc2)C1=O.O=C(O)[C@]1(F)CCN(c2ccccc2)C1=O. The summed E-state index contributed by atoms with van der Waals surface area (Å²) in [6, 6.07) is 25.4. The van der Waals surface area contributed by atoms with Crippen LogP contribution in [0, 0.1) is 0 Å². The second-order valence-corrected chi connectivity index (χ2v) is 12.8. The summed E-state index contributed by atoms with van der Waals surface area (Å²) in [5.74, 6) is -4.32. The maximum Gasteiger partial charge on any atom is 0.351 e. The summed E-state index contributed by atoms with van der Waals surface area (Å²) in [5, 5.41) is 15.3. The molecule has 0 aliphatic carbocycles. The molecule has 0 bridgehead atoms. The molecule has 2 fully saturated rings. The third-order valence-electron chi connectivity index (χ3n) is 7.57. The van der Waals surface area contributed by atoms with Gasteiger partial charge in [0.2, 0.25) is 0 Å². The molecule has 248 valence electrons. The Bertz CT molecular complexity index is 1610. The maximum atomic E-state index is 14.9. The van der Waals surface area contributed by atoms with Gasteiger partial charge in [-0.15, -0.1) is 22.7 Å². The maximum absolute atomic E-state index is 14.9. The Labute approximate surface area is 279 Å². The molecule has 2 atom stereocenters. The summed E-state index contributed by atoms with van der Waals surface area (Å²) >= 11 is 3.35. The number of nitrogens with two attached hydrogens (primary N) is 1. The van der Waals surface area contributed by atoms with Crippen molar-refractivity contribution in [3.8, 4) is 0 Å². The number of thiophene rings is 2. The summed E-state index contributed by atoms with van der Waals surface area (Å²) in [5.41, 5.74) is 1.23. The molecule has 13 heteroatoms. The molecule has 2 aromatic carbocycles. The number of anilines is 2. The number of nitrogens with one attached hydrogen (secondary N) is 1. The van der Waals surface area contributed by atoms with E-state index in [-0.39, 0.29) is 25.9 Å². The highest BCUT2D eigenvalue weighted by Gasteiger charge is 2.55. The Hall–Kier alpha value is -4.46. The molecule has 6 rings (SSSR count). The number of hydrogen-bond donors (Lipinski definition) is 3. The number of aliphatic carboxylic acids is 1. The predicted molar refractivity (Wildman–Crippen MR) is 180 cm³/mol. The van der Waals surface area contributed by atoms with Crippen LogP contribution in [0.15, 0.2) is 95.7 Å². The van der Waals surface area contributed by atoms with E-state index >= 15 is 0 Å². The van der Waals surface area contributed by atoms with Gasteiger partial charge in [-0.25, -0.2) is 13.6 Å². The number of carboxylic acids is 1. The Morgan fingerprint density at radius 2 is 1.21 bits per heavy atom. The molecule has 2 aliphatic heterocycles. The van der Waals surface area contributed by atoms with Crippen LogP contribution in [0.25, 0.3) is 0 Å². The highest BCUT2D eigenvalue weighted by atomic mass is 32.1. The average molecular weight is 683 g/mol. The smallest absolute Gasteiger partial charge is 0.351 e. The van der Waals surface area contributed by atoms with Gasteiger partial charge in [0.25, 0.3) is 29.1 Å². The van der Waals surface area contributed by atoms with Gasteiger partial charge in [0, 0.05) is 53.6 Å². The lowest BCUT2D eigenvalue weighted by Gasteiger charge is -2.19. The normalized spacial score (nSPS) is 20.2. The van der Waals surface area contributed by atoms with Gasteiger partial charge < -0.3 is 26.0 Å². The Kier molecular flexibility index (Phi) is 12.3. The zero-order valence-electron chi connectivity index (χ0n) is 25.5. The van der Waals surface area contributed by atoms with Crippen LogP contribution in [0.2, 0.25) is 0 Å². The second kappa shape index (κ2) is 16.4. The highest BCUT2D eigenvalue weighted by molar-refractivity contribution is 7.10. The van der Waals surface area contributed by atoms with Crippen LogP contribution >= 0.6 is 22.7 Å². The van der Waals surface area contributed by atoms with Gasteiger partial charge in [-0.2, -0.15) is 0 Å². The van der Waals surface area contributed by atoms with Crippen LogP contribution in [0.3, 0.4) is 0 Å². The minimum atomic E-state index is -2.77. The largest absolute Gasteiger partial charge is 0.478 e. The summed E-state index contributed by atoms with van der Waals surface area (Å²) < 4.78 is 28.7. The number of carboxylic acid groups (broad SMARTS) is 1. The van der Waals surface area contributed by atoms with Crippen molar-refractivity contribution in [1.29, 1.82) is 0 Å². The number of halogens is 2. The van der Waals surface area contributed by atoms with Crippen LogP contribution in [0.5, 0.6) is 0 Å². The quantitative estimate of drug-likeness (QED) is 0.213. The monoisotopic (exact) mass is 682 g/mol. The van der Waals surface area contributed by atoms with Crippen molar-refractivity contribution in [1.82, 2.24) is 5.32 Å². The molecule has 0 saturated carbocycles. The lowest BCUT2D eigenvalue weighted by atomic mass is 10.0. The van der Waals surface area contributed by atoms with Crippen molar-refractivity contribution in [2.75, 3.05) is 36.0 Å². The van der Waals surface area contributed by atoms with E-state index in [0.717, 1.165) is 22.7 Å². The highest BCUT2D eigenvalue weighted by Crippen LogP contribution is 2.32. The number of nitrogens with zero attached hydrogens (tertiary/aromatic N) is 2. The predicted octanol–water partition coefficient (Wildman–Crippen LogP) is 5.02. The van der Waals surface area contributed by atoms with Gasteiger partial charge in [-0.05, 0) is 66.5 Å². The molecule has 4 heterocycles. The molecule has 9 nitrogen and oxygen atoms in total. The van der Waals surface area contributed by atoms with Crippen molar-refractivity contribution in [3.63, 3.8) is 0 Å². The van der Waals surface area contributed by atoms with E-state index in [1.54, 1.807) is 77.3 Å². The first kappa shape index (κ1) is 35.4. The minimum absolute atomic E-state index is 0.0889. The molecule has 2 saturated heterocycles. The van der Waals surface area contributed by atoms with E-state index < -0.39 is 35.0 Å². The Balaban J connectivity index is 0.000000180. The molecular formula is C34H36F2N4O5S2. The molecule has 3 amide bonds. The zero-order chi connectivity index (χ0) is 33.9. The van der Waals surface area contributed by atoms with Gasteiger partial charge in [0.1, 0.15) is 0 Å². The fraction of sp³-hybridized carbons (Fsp3) is 0.294. The first-order chi connectivity index (χ1) is 22.6. The first-order valence-corrected chi connectivity index (χ1v) is 16.7. The zero-order valence-corrected chi connectivity index (χ0v) is 27.2. The van der Waals surface area contributed by atoms with Crippen LogP contribution in [0.1, 0.15) is 22.6 Å². The fourth-order valence-corrected chi connectivity index (χ4v) is 6.42. The van der Waals surface area contributed by atoms with Gasteiger partial charge >= 0.3 is 5.97 Å². The number of alkyl halides is 2. The Morgan fingerprint density at radius 3 is 1.64 bits per heavy atom. The molecule has 2 aromatic heterocycles. The lowest BCUT2D eigenvalue weighted by molar-refractivity contribution is -0.155. The molecule has 0 radical (unpaired) electrons. The molecule has 0 spiro atoms.